The molecule has 1 aliphatic rings. The Bertz CT molecular complexity index is 1100. The van der Waals surface area contributed by atoms with E-state index in [1.165, 1.54) is 0 Å². The van der Waals surface area contributed by atoms with E-state index in [1.807, 2.05) is 61.5 Å². The van der Waals surface area contributed by atoms with Gasteiger partial charge in [0.15, 0.2) is 24.7 Å². The van der Waals surface area contributed by atoms with Crippen LogP contribution in [-0.4, -0.2) is 43.3 Å². The van der Waals surface area contributed by atoms with Gasteiger partial charge < -0.3 is 23.8 Å². The quantitative estimate of drug-likeness (QED) is 0.518. The van der Waals surface area contributed by atoms with Crippen molar-refractivity contribution in [3.8, 4) is 17.2 Å². The van der Waals surface area contributed by atoms with Crippen molar-refractivity contribution < 1.29 is 28.5 Å². The Morgan fingerprint density at radius 2 is 1.74 bits per heavy atom. The third-order valence-corrected chi connectivity index (χ3v) is 4.98. The van der Waals surface area contributed by atoms with Crippen LogP contribution >= 0.6 is 0 Å². The smallest absolute Gasteiger partial charge is 0.344 e. The second-order valence-electron chi connectivity index (χ2n) is 7.05. The van der Waals surface area contributed by atoms with Crippen molar-refractivity contribution in [1.29, 1.82) is 0 Å². The molecular formula is C24H23NO6. The maximum absolute atomic E-state index is 12.5. The Labute approximate surface area is 180 Å². The Balaban J connectivity index is 1.26. The summed E-state index contributed by atoms with van der Waals surface area (Å²) >= 11 is 0. The third kappa shape index (κ3) is 5.06. The van der Waals surface area contributed by atoms with Crippen molar-refractivity contribution in [3.63, 3.8) is 0 Å². The lowest BCUT2D eigenvalue weighted by atomic mass is 10.1. The second-order valence-corrected chi connectivity index (χ2v) is 7.05. The zero-order valence-electron chi connectivity index (χ0n) is 17.2. The van der Waals surface area contributed by atoms with Gasteiger partial charge in [0.05, 0.1) is 0 Å². The highest BCUT2D eigenvalue weighted by Gasteiger charge is 2.18. The van der Waals surface area contributed by atoms with Gasteiger partial charge in [-0.1, -0.05) is 36.4 Å². The lowest BCUT2D eigenvalue weighted by Crippen LogP contribution is -2.34. The molecule has 160 valence electrons. The standard InChI is InChI=1S/C24H23NO6/c1-2-25(13-17-7-10-21-22(11-17)31-16-30-21)23(26)14-29-24(27)15-28-20-9-8-18-5-3-4-6-19(18)12-20/h3-12H,2,13-16H2,1H3. The highest BCUT2D eigenvalue weighted by atomic mass is 16.7. The summed E-state index contributed by atoms with van der Waals surface area (Å²) in [5.41, 5.74) is 0.908. The van der Waals surface area contributed by atoms with Crippen molar-refractivity contribution in [3.05, 3.63) is 66.2 Å². The zero-order chi connectivity index (χ0) is 21.6. The van der Waals surface area contributed by atoms with Gasteiger partial charge in [-0.15, -0.1) is 0 Å². The minimum atomic E-state index is -0.597. The van der Waals surface area contributed by atoms with Crippen LogP contribution in [0.3, 0.4) is 0 Å². The van der Waals surface area contributed by atoms with Gasteiger partial charge in [-0.2, -0.15) is 0 Å². The Morgan fingerprint density at radius 1 is 0.935 bits per heavy atom. The summed E-state index contributed by atoms with van der Waals surface area (Å²) in [6.07, 6.45) is 0. The SMILES string of the molecule is CCN(Cc1ccc2c(c1)OCO2)C(=O)COC(=O)COc1ccc2ccccc2c1. The van der Waals surface area contributed by atoms with E-state index in [1.54, 1.807) is 11.0 Å². The molecule has 1 aliphatic heterocycles. The van der Waals surface area contributed by atoms with Crippen LogP contribution in [0.25, 0.3) is 10.8 Å². The molecule has 0 spiro atoms. The number of nitrogens with zero attached hydrogens (tertiary/aromatic N) is 1. The Hall–Kier alpha value is -3.74. The van der Waals surface area contributed by atoms with E-state index in [2.05, 4.69) is 0 Å². The number of ether oxygens (including phenoxy) is 4. The van der Waals surface area contributed by atoms with E-state index in [-0.39, 0.29) is 25.9 Å². The largest absolute Gasteiger partial charge is 0.482 e. The van der Waals surface area contributed by atoms with Gasteiger partial charge in [0.1, 0.15) is 5.75 Å². The Kier molecular flexibility index (Phi) is 6.21. The summed E-state index contributed by atoms with van der Waals surface area (Å²) in [7, 11) is 0. The summed E-state index contributed by atoms with van der Waals surface area (Å²) in [6, 6.07) is 19.0. The first-order valence-corrected chi connectivity index (χ1v) is 10.1. The van der Waals surface area contributed by atoms with E-state index < -0.39 is 5.97 Å². The lowest BCUT2D eigenvalue weighted by molar-refractivity contribution is -0.153. The highest BCUT2D eigenvalue weighted by molar-refractivity contribution is 5.84. The highest BCUT2D eigenvalue weighted by Crippen LogP contribution is 2.32. The summed E-state index contributed by atoms with van der Waals surface area (Å²) in [5.74, 6) is 1.05. The van der Waals surface area contributed by atoms with Crippen LogP contribution in [0.4, 0.5) is 0 Å². The minimum Gasteiger partial charge on any atom is -0.482 e. The molecule has 7 nitrogen and oxygen atoms in total. The van der Waals surface area contributed by atoms with Crippen LogP contribution in [0.2, 0.25) is 0 Å². The summed E-state index contributed by atoms with van der Waals surface area (Å²) in [6.45, 7) is 2.34. The van der Waals surface area contributed by atoms with Crippen LogP contribution in [0, 0.1) is 0 Å². The molecule has 0 unspecified atom stereocenters. The summed E-state index contributed by atoms with van der Waals surface area (Å²) in [4.78, 5) is 26.1. The number of hydrogen-bond acceptors (Lipinski definition) is 6. The molecule has 0 saturated carbocycles. The molecule has 0 N–H and O–H groups in total. The van der Waals surface area contributed by atoms with Crippen molar-refractivity contribution >= 4 is 22.6 Å². The number of carbonyl (C=O) groups is 2. The molecule has 0 atom stereocenters. The monoisotopic (exact) mass is 421 g/mol. The van der Waals surface area contributed by atoms with Gasteiger partial charge in [-0.05, 0) is 47.5 Å². The fraction of sp³-hybridized carbons (Fsp3) is 0.250. The molecule has 0 radical (unpaired) electrons. The second kappa shape index (κ2) is 9.38. The molecular weight excluding hydrogens is 398 g/mol. The van der Waals surface area contributed by atoms with Crippen molar-refractivity contribution in [2.45, 2.75) is 13.5 Å². The van der Waals surface area contributed by atoms with Gasteiger partial charge in [0, 0.05) is 13.1 Å². The molecule has 7 heteroatoms. The molecule has 31 heavy (non-hydrogen) atoms. The average Bonchev–Trinajstić information content (AvgIpc) is 3.27. The molecule has 1 amide bonds. The lowest BCUT2D eigenvalue weighted by Gasteiger charge is -2.21. The number of hydrogen-bond donors (Lipinski definition) is 0. The van der Waals surface area contributed by atoms with E-state index in [0.29, 0.717) is 30.3 Å². The fourth-order valence-electron chi connectivity index (χ4n) is 3.31. The van der Waals surface area contributed by atoms with Crippen LogP contribution in [0.5, 0.6) is 17.2 Å². The van der Waals surface area contributed by atoms with Gasteiger partial charge in [0.2, 0.25) is 6.79 Å². The van der Waals surface area contributed by atoms with Crippen LogP contribution in [0.1, 0.15) is 12.5 Å². The molecule has 0 aliphatic carbocycles. The van der Waals surface area contributed by atoms with Crippen molar-refractivity contribution in [1.82, 2.24) is 4.90 Å². The molecule has 4 rings (SSSR count). The van der Waals surface area contributed by atoms with Crippen molar-refractivity contribution in [2.75, 3.05) is 26.6 Å². The van der Waals surface area contributed by atoms with Gasteiger partial charge in [-0.3, -0.25) is 4.79 Å². The predicted octanol–water partition coefficient (Wildman–Crippen LogP) is 3.54. The molecule has 1 heterocycles. The van der Waals surface area contributed by atoms with E-state index in [9.17, 15) is 9.59 Å². The van der Waals surface area contributed by atoms with Crippen molar-refractivity contribution in [2.24, 2.45) is 0 Å². The molecule has 0 saturated heterocycles. The first-order chi connectivity index (χ1) is 15.1. The number of amides is 1. The van der Waals surface area contributed by atoms with E-state index in [4.69, 9.17) is 18.9 Å². The van der Waals surface area contributed by atoms with Crippen LogP contribution < -0.4 is 14.2 Å². The first kappa shape index (κ1) is 20.5. The molecule has 0 fully saturated rings. The normalized spacial score (nSPS) is 11.9. The predicted molar refractivity (Wildman–Crippen MR) is 114 cm³/mol. The van der Waals surface area contributed by atoms with Crippen LogP contribution in [-0.2, 0) is 20.9 Å². The molecule has 3 aromatic rings. The maximum atomic E-state index is 12.5. The number of fused-ring (bicyclic) bond motifs is 2. The minimum absolute atomic E-state index is 0.201. The molecule has 0 bridgehead atoms. The fourth-order valence-corrected chi connectivity index (χ4v) is 3.31. The van der Waals surface area contributed by atoms with Gasteiger partial charge in [0.25, 0.3) is 5.91 Å². The number of esters is 1. The van der Waals surface area contributed by atoms with Gasteiger partial charge >= 0.3 is 5.97 Å². The number of rotatable bonds is 8. The van der Waals surface area contributed by atoms with E-state index >= 15 is 0 Å². The molecule has 3 aromatic carbocycles. The number of carbonyl (C=O) groups excluding carboxylic acids is 2. The number of likely N-dealkylation sites (N-methyl/N-ethyl adjacent to an activating group) is 1. The molecule has 0 aromatic heterocycles. The average molecular weight is 421 g/mol. The zero-order valence-corrected chi connectivity index (χ0v) is 17.2. The summed E-state index contributed by atoms with van der Waals surface area (Å²) in [5, 5.41) is 2.11. The van der Waals surface area contributed by atoms with Crippen LogP contribution in [0.15, 0.2) is 60.7 Å². The third-order valence-electron chi connectivity index (χ3n) is 4.98. The maximum Gasteiger partial charge on any atom is 0.344 e. The first-order valence-electron chi connectivity index (χ1n) is 10.1. The van der Waals surface area contributed by atoms with E-state index in [0.717, 1.165) is 16.3 Å². The Morgan fingerprint density at radius 3 is 2.58 bits per heavy atom. The van der Waals surface area contributed by atoms with Gasteiger partial charge in [-0.25, -0.2) is 4.79 Å². The topological polar surface area (TPSA) is 74.3 Å². The summed E-state index contributed by atoms with van der Waals surface area (Å²) < 4.78 is 21.3. The number of benzene rings is 3.